The number of benzene rings is 1. The van der Waals surface area contributed by atoms with Crippen LogP contribution in [0.1, 0.15) is 45.4 Å². The van der Waals surface area contributed by atoms with E-state index in [2.05, 4.69) is 17.8 Å². The van der Waals surface area contributed by atoms with E-state index in [1.54, 1.807) is 23.5 Å². The Hall–Kier alpha value is -2.67. The maximum Gasteiger partial charge on any atom is 0.276 e. The number of carbonyl (C=O) groups excluding carboxylic acids is 3. The van der Waals surface area contributed by atoms with E-state index in [0.717, 1.165) is 16.2 Å². The largest absolute Gasteiger partial charge is 0.484 e. The fourth-order valence-electron chi connectivity index (χ4n) is 2.48. The molecule has 27 heavy (non-hydrogen) atoms. The number of amides is 2. The van der Waals surface area contributed by atoms with Crippen LogP contribution in [0.3, 0.4) is 0 Å². The number of nitrogens with one attached hydrogen (secondary N) is 2. The van der Waals surface area contributed by atoms with Crippen LogP contribution in [0.15, 0.2) is 30.3 Å². The Labute approximate surface area is 162 Å². The topological polar surface area (TPSA) is 84.5 Å². The Balaban J connectivity index is 1.67. The van der Waals surface area contributed by atoms with Crippen LogP contribution < -0.4 is 15.6 Å². The monoisotopic (exact) mass is 388 g/mol. The predicted octanol–water partition coefficient (Wildman–Crippen LogP) is 3.12. The molecule has 2 aromatic rings. The first-order chi connectivity index (χ1) is 12.9. The SMILES string of the molecule is CCc1ccc(OCC(=O)NNC(=O)CCC(=O)c2cc(C)sc2C)cc1. The quantitative estimate of drug-likeness (QED) is 0.538. The average Bonchev–Trinajstić information content (AvgIpc) is 3.01. The van der Waals surface area contributed by atoms with Crippen molar-refractivity contribution in [3.8, 4) is 5.75 Å². The second kappa shape index (κ2) is 9.87. The zero-order valence-electron chi connectivity index (χ0n) is 15.8. The minimum Gasteiger partial charge on any atom is -0.484 e. The number of Topliss-reactive ketones (excluding diaryl/α,β-unsaturated/α-hetero) is 1. The van der Waals surface area contributed by atoms with E-state index < -0.39 is 11.8 Å². The van der Waals surface area contributed by atoms with E-state index in [4.69, 9.17) is 4.74 Å². The number of rotatable bonds is 8. The van der Waals surface area contributed by atoms with Gasteiger partial charge >= 0.3 is 0 Å². The Kier molecular flexibility index (Phi) is 7.55. The summed E-state index contributed by atoms with van der Waals surface area (Å²) in [5, 5.41) is 0. The molecule has 1 aromatic heterocycles. The molecule has 0 aliphatic carbocycles. The highest BCUT2D eigenvalue weighted by Crippen LogP contribution is 2.22. The lowest BCUT2D eigenvalue weighted by Gasteiger charge is -2.09. The number of ketones is 1. The van der Waals surface area contributed by atoms with Crippen LogP contribution in [0.4, 0.5) is 0 Å². The predicted molar refractivity (Wildman–Crippen MR) is 105 cm³/mol. The smallest absolute Gasteiger partial charge is 0.276 e. The van der Waals surface area contributed by atoms with E-state index in [0.29, 0.717) is 11.3 Å². The van der Waals surface area contributed by atoms with Gasteiger partial charge in [-0.3, -0.25) is 25.2 Å². The number of hydrogen-bond acceptors (Lipinski definition) is 5. The molecule has 2 amide bonds. The molecule has 0 bridgehead atoms. The molecule has 144 valence electrons. The van der Waals surface area contributed by atoms with Gasteiger partial charge in [0.15, 0.2) is 12.4 Å². The summed E-state index contributed by atoms with van der Waals surface area (Å²) in [6, 6.07) is 9.30. The molecule has 0 saturated carbocycles. The summed E-state index contributed by atoms with van der Waals surface area (Å²) in [4.78, 5) is 37.7. The number of carbonyl (C=O) groups is 3. The summed E-state index contributed by atoms with van der Waals surface area (Å²) < 4.78 is 5.35. The number of hydrazine groups is 1. The van der Waals surface area contributed by atoms with E-state index in [-0.39, 0.29) is 25.2 Å². The van der Waals surface area contributed by atoms with Crippen molar-refractivity contribution in [1.29, 1.82) is 0 Å². The summed E-state index contributed by atoms with van der Waals surface area (Å²) in [6.07, 6.45) is 1.03. The van der Waals surface area contributed by atoms with Crippen molar-refractivity contribution in [2.75, 3.05) is 6.61 Å². The molecule has 7 heteroatoms. The van der Waals surface area contributed by atoms with Gasteiger partial charge in [0, 0.05) is 28.2 Å². The molecule has 2 rings (SSSR count). The van der Waals surface area contributed by atoms with Gasteiger partial charge in [-0.25, -0.2) is 0 Å². The van der Waals surface area contributed by atoms with Gasteiger partial charge in [-0.05, 0) is 44.0 Å². The van der Waals surface area contributed by atoms with Gasteiger partial charge < -0.3 is 4.74 Å². The Bertz CT molecular complexity index is 812. The van der Waals surface area contributed by atoms with E-state index in [1.807, 2.05) is 32.0 Å². The van der Waals surface area contributed by atoms with Crippen LogP contribution >= 0.6 is 11.3 Å². The molecule has 2 N–H and O–H groups in total. The van der Waals surface area contributed by atoms with Crippen molar-refractivity contribution in [2.24, 2.45) is 0 Å². The standard InChI is InChI=1S/C20H24N2O4S/c1-4-15-5-7-16(8-6-15)26-12-20(25)22-21-19(24)10-9-18(23)17-11-13(2)27-14(17)3/h5-8,11H,4,9-10,12H2,1-3H3,(H,21,24)(H,22,25). The highest BCUT2D eigenvalue weighted by molar-refractivity contribution is 7.12. The molecule has 0 saturated heterocycles. The lowest BCUT2D eigenvalue weighted by Crippen LogP contribution is -2.43. The number of thiophene rings is 1. The zero-order valence-corrected chi connectivity index (χ0v) is 16.6. The Morgan fingerprint density at radius 2 is 1.67 bits per heavy atom. The van der Waals surface area contributed by atoms with Crippen molar-refractivity contribution >= 4 is 28.9 Å². The fraction of sp³-hybridized carbons (Fsp3) is 0.350. The maximum atomic E-state index is 12.1. The van der Waals surface area contributed by atoms with Gasteiger partial charge in [0.1, 0.15) is 5.75 Å². The van der Waals surface area contributed by atoms with Crippen molar-refractivity contribution in [3.05, 3.63) is 51.2 Å². The minimum absolute atomic E-state index is 0.00673. The van der Waals surface area contributed by atoms with Gasteiger partial charge in [0.25, 0.3) is 5.91 Å². The van der Waals surface area contributed by atoms with Crippen molar-refractivity contribution in [3.63, 3.8) is 0 Å². The number of ether oxygens (including phenoxy) is 1. The normalized spacial score (nSPS) is 10.3. The van der Waals surface area contributed by atoms with E-state index >= 15 is 0 Å². The van der Waals surface area contributed by atoms with Gasteiger partial charge in [0.2, 0.25) is 5.91 Å². The zero-order chi connectivity index (χ0) is 19.8. The van der Waals surface area contributed by atoms with E-state index in [9.17, 15) is 14.4 Å². The number of hydrogen-bond donors (Lipinski definition) is 2. The first-order valence-corrected chi connectivity index (χ1v) is 9.60. The third-order valence-corrected chi connectivity index (χ3v) is 4.93. The highest BCUT2D eigenvalue weighted by Gasteiger charge is 2.14. The van der Waals surface area contributed by atoms with Gasteiger partial charge in [0.05, 0.1) is 0 Å². The molecule has 0 aliphatic heterocycles. The van der Waals surface area contributed by atoms with Crippen LogP contribution in [0.5, 0.6) is 5.75 Å². The molecule has 0 atom stereocenters. The first kappa shape index (κ1) is 20.6. The summed E-state index contributed by atoms with van der Waals surface area (Å²) in [5.74, 6) is -0.384. The summed E-state index contributed by atoms with van der Waals surface area (Å²) in [5.41, 5.74) is 6.42. The lowest BCUT2D eigenvalue weighted by atomic mass is 10.1. The molecule has 0 spiro atoms. The second-order valence-corrected chi connectivity index (χ2v) is 7.59. The molecule has 1 heterocycles. The molecule has 0 unspecified atom stereocenters. The molecular formula is C20H24N2O4S. The molecule has 0 radical (unpaired) electrons. The van der Waals surface area contributed by atoms with Crippen molar-refractivity contribution < 1.29 is 19.1 Å². The average molecular weight is 388 g/mol. The van der Waals surface area contributed by atoms with Gasteiger partial charge in [-0.2, -0.15) is 0 Å². The van der Waals surface area contributed by atoms with Gasteiger partial charge in [-0.1, -0.05) is 19.1 Å². The number of aryl methyl sites for hydroxylation is 3. The van der Waals surface area contributed by atoms with Crippen LogP contribution in [-0.4, -0.2) is 24.2 Å². The third-order valence-electron chi connectivity index (χ3n) is 3.96. The van der Waals surface area contributed by atoms with Crippen LogP contribution in [0.2, 0.25) is 0 Å². The first-order valence-electron chi connectivity index (χ1n) is 8.78. The molecule has 0 fully saturated rings. The second-order valence-electron chi connectivity index (χ2n) is 6.13. The Morgan fingerprint density at radius 1 is 1.00 bits per heavy atom. The molecular weight excluding hydrogens is 364 g/mol. The molecule has 1 aromatic carbocycles. The fourth-order valence-corrected chi connectivity index (χ4v) is 3.42. The van der Waals surface area contributed by atoms with Crippen LogP contribution in [-0.2, 0) is 16.0 Å². The van der Waals surface area contributed by atoms with Crippen molar-refractivity contribution in [2.45, 2.75) is 40.0 Å². The third kappa shape index (κ3) is 6.53. The summed E-state index contributed by atoms with van der Waals surface area (Å²) in [6.45, 7) is 5.68. The summed E-state index contributed by atoms with van der Waals surface area (Å²) in [7, 11) is 0. The summed E-state index contributed by atoms with van der Waals surface area (Å²) >= 11 is 1.56. The van der Waals surface area contributed by atoms with E-state index in [1.165, 1.54) is 5.56 Å². The molecule has 6 nitrogen and oxygen atoms in total. The Morgan fingerprint density at radius 3 is 2.26 bits per heavy atom. The molecule has 0 aliphatic rings. The minimum atomic E-state index is -0.474. The lowest BCUT2D eigenvalue weighted by molar-refractivity contribution is -0.130. The van der Waals surface area contributed by atoms with Crippen molar-refractivity contribution in [1.82, 2.24) is 10.9 Å². The highest BCUT2D eigenvalue weighted by atomic mass is 32.1. The van der Waals surface area contributed by atoms with Crippen LogP contribution in [0.25, 0.3) is 0 Å². The van der Waals surface area contributed by atoms with Crippen LogP contribution in [0, 0.1) is 13.8 Å². The maximum absolute atomic E-state index is 12.1. The van der Waals surface area contributed by atoms with Gasteiger partial charge in [-0.15, -0.1) is 11.3 Å².